The van der Waals surface area contributed by atoms with Crippen LogP contribution in [-0.2, 0) is 19.1 Å². The van der Waals surface area contributed by atoms with Gasteiger partial charge in [-0.25, -0.2) is 4.79 Å². The molecule has 0 fully saturated rings. The molecule has 0 radical (unpaired) electrons. The molecule has 230 valence electrons. The van der Waals surface area contributed by atoms with Crippen molar-refractivity contribution in [3.8, 4) is 11.5 Å². The molecule has 0 saturated heterocycles. The minimum absolute atomic E-state index is 0.0995. The molecule has 0 heterocycles. The Balaban J connectivity index is 2.62. The zero-order valence-corrected chi connectivity index (χ0v) is 25.5. The third-order valence-electron chi connectivity index (χ3n) is 6.36. The molecule has 2 rings (SSSR count). The summed E-state index contributed by atoms with van der Waals surface area (Å²) in [7, 11) is 1.53. The first kappa shape index (κ1) is 33.9. The van der Waals surface area contributed by atoms with Gasteiger partial charge in [-0.15, -0.1) is 0 Å². The predicted octanol–water partition coefficient (Wildman–Crippen LogP) is 4.50. The summed E-state index contributed by atoms with van der Waals surface area (Å²) < 4.78 is 10.5. The second kappa shape index (κ2) is 15.1. The zero-order valence-electron chi connectivity index (χ0n) is 25.5. The van der Waals surface area contributed by atoms with Crippen molar-refractivity contribution in [2.75, 3.05) is 12.4 Å². The van der Waals surface area contributed by atoms with E-state index in [-0.39, 0.29) is 5.75 Å². The Bertz CT molecular complexity index is 1220. The minimum atomic E-state index is -1.41. The van der Waals surface area contributed by atoms with E-state index in [0.717, 1.165) is 6.42 Å². The van der Waals surface area contributed by atoms with Crippen LogP contribution >= 0.6 is 0 Å². The lowest BCUT2D eigenvalue weighted by molar-refractivity contribution is -0.144. The number of nitrogens with one attached hydrogen (secondary N) is 2. The molecular weight excluding hydrogens is 540 g/mol. The van der Waals surface area contributed by atoms with Crippen LogP contribution in [0.5, 0.6) is 11.5 Å². The third kappa shape index (κ3) is 10.6. The minimum Gasteiger partial charge on any atom is -0.508 e. The van der Waals surface area contributed by atoms with Gasteiger partial charge in [-0.2, -0.15) is 0 Å². The first-order chi connectivity index (χ1) is 19.6. The van der Waals surface area contributed by atoms with Gasteiger partial charge >= 0.3 is 6.09 Å². The number of methoxy groups -OCH3 is 1. The molecule has 11 nitrogen and oxygen atoms in total. The standard InChI is InChI=1S/C31H44N4O7/c1-19(2)11-12-20(3)35(29(39)25(18-26(32)37)34-30(40)42-31(4,5)6)27(21-9-8-10-23(36)17-21)28(38)33-22-13-15-24(41-7)16-14-22/h8-10,13-17,19-20,25,27,36H,11-12,18H2,1-7H3,(H2,32,37)(H,33,38)(H,34,40). The average Bonchev–Trinajstić information content (AvgIpc) is 2.88. The number of carbonyl (C=O) groups excluding carboxylic acids is 4. The molecule has 2 aromatic rings. The summed E-state index contributed by atoms with van der Waals surface area (Å²) in [5.41, 5.74) is 5.40. The molecule has 2 aromatic carbocycles. The van der Waals surface area contributed by atoms with Crippen molar-refractivity contribution in [2.24, 2.45) is 11.7 Å². The highest BCUT2D eigenvalue weighted by Crippen LogP contribution is 2.31. The van der Waals surface area contributed by atoms with Gasteiger partial charge in [0.15, 0.2) is 0 Å². The number of phenols is 1. The highest BCUT2D eigenvalue weighted by atomic mass is 16.6. The Kier molecular flexibility index (Phi) is 12.2. The van der Waals surface area contributed by atoms with Gasteiger partial charge in [0, 0.05) is 11.7 Å². The lowest BCUT2D eigenvalue weighted by Crippen LogP contribution is -2.55. The number of amides is 4. The third-order valence-corrected chi connectivity index (χ3v) is 6.36. The van der Waals surface area contributed by atoms with Crippen molar-refractivity contribution in [1.82, 2.24) is 10.2 Å². The topological polar surface area (TPSA) is 160 Å². The van der Waals surface area contributed by atoms with E-state index in [9.17, 15) is 24.3 Å². The van der Waals surface area contributed by atoms with Crippen molar-refractivity contribution < 1.29 is 33.8 Å². The van der Waals surface area contributed by atoms with Crippen LogP contribution in [0.2, 0.25) is 0 Å². The van der Waals surface area contributed by atoms with E-state index in [2.05, 4.69) is 10.6 Å². The molecule has 0 aliphatic heterocycles. The number of benzene rings is 2. The Labute approximate surface area is 247 Å². The average molecular weight is 585 g/mol. The SMILES string of the molecule is COc1ccc(NC(=O)C(c2cccc(O)c2)N(C(=O)C(CC(N)=O)NC(=O)OC(C)(C)C)C(C)CCC(C)C)cc1. The van der Waals surface area contributed by atoms with E-state index < -0.39 is 54.0 Å². The highest BCUT2D eigenvalue weighted by Gasteiger charge is 2.39. The van der Waals surface area contributed by atoms with Crippen LogP contribution in [0.3, 0.4) is 0 Å². The lowest BCUT2D eigenvalue weighted by Gasteiger charge is -2.38. The first-order valence-electron chi connectivity index (χ1n) is 13.9. The van der Waals surface area contributed by atoms with Crippen molar-refractivity contribution in [3.63, 3.8) is 0 Å². The molecule has 0 bridgehead atoms. The van der Waals surface area contributed by atoms with Gasteiger partial charge in [-0.1, -0.05) is 26.0 Å². The summed E-state index contributed by atoms with van der Waals surface area (Å²) in [5, 5.41) is 15.6. The summed E-state index contributed by atoms with van der Waals surface area (Å²) in [6, 6.07) is 9.55. The quantitative estimate of drug-likeness (QED) is 0.270. The summed E-state index contributed by atoms with van der Waals surface area (Å²) in [6.07, 6.45) is -0.172. The van der Waals surface area contributed by atoms with Gasteiger partial charge in [0.2, 0.25) is 11.8 Å². The van der Waals surface area contributed by atoms with Gasteiger partial charge in [0.25, 0.3) is 5.91 Å². The molecule has 0 spiro atoms. The van der Waals surface area contributed by atoms with Crippen LogP contribution in [0.15, 0.2) is 48.5 Å². The number of rotatable bonds is 13. The van der Waals surface area contributed by atoms with Crippen LogP contribution in [-0.4, -0.2) is 58.6 Å². The number of hydrogen-bond acceptors (Lipinski definition) is 7. The van der Waals surface area contributed by atoms with Crippen molar-refractivity contribution in [3.05, 3.63) is 54.1 Å². The summed E-state index contributed by atoms with van der Waals surface area (Å²) in [6.45, 7) is 10.9. The molecule has 3 atom stereocenters. The van der Waals surface area contributed by atoms with E-state index in [1.54, 1.807) is 64.1 Å². The molecule has 4 amide bonds. The van der Waals surface area contributed by atoms with Crippen LogP contribution in [0.1, 0.15) is 72.4 Å². The summed E-state index contributed by atoms with van der Waals surface area (Å²) >= 11 is 0. The fourth-order valence-corrected chi connectivity index (χ4v) is 4.36. The number of alkyl carbamates (subject to hydrolysis) is 1. The maximum Gasteiger partial charge on any atom is 0.408 e. The molecule has 3 unspecified atom stereocenters. The molecule has 42 heavy (non-hydrogen) atoms. The number of nitrogens with two attached hydrogens (primary N) is 1. The van der Waals surface area contributed by atoms with E-state index in [1.807, 2.05) is 13.8 Å². The summed E-state index contributed by atoms with van der Waals surface area (Å²) in [4.78, 5) is 54.4. The Morgan fingerprint density at radius 2 is 1.64 bits per heavy atom. The Hall–Kier alpha value is -4.28. The zero-order chi connectivity index (χ0) is 31.6. The Morgan fingerprint density at radius 1 is 1.00 bits per heavy atom. The molecule has 0 saturated carbocycles. The monoisotopic (exact) mass is 584 g/mol. The van der Waals surface area contributed by atoms with Crippen molar-refractivity contribution in [2.45, 2.75) is 84.5 Å². The smallest absolute Gasteiger partial charge is 0.408 e. The van der Waals surface area contributed by atoms with Crippen molar-refractivity contribution in [1.29, 1.82) is 0 Å². The fraction of sp³-hybridized carbons (Fsp3) is 0.484. The van der Waals surface area contributed by atoms with Crippen LogP contribution in [0.25, 0.3) is 0 Å². The molecular formula is C31H44N4O7. The maximum absolute atomic E-state index is 14.3. The number of ether oxygens (including phenoxy) is 2. The lowest BCUT2D eigenvalue weighted by atomic mass is 9.96. The van der Waals surface area contributed by atoms with Gasteiger partial charge in [0.1, 0.15) is 29.2 Å². The second-order valence-electron chi connectivity index (χ2n) is 11.7. The second-order valence-corrected chi connectivity index (χ2v) is 11.7. The number of phenolic OH excluding ortho intramolecular Hbond substituents is 1. The van der Waals surface area contributed by atoms with Gasteiger partial charge in [0.05, 0.1) is 13.5 Å². The van der Waals surface area contributed by atoms with E-state index >= 15 is 0 Å². The number of aromatic hydroxyl groups is 1. The molecule has 0 aliphatic rings. The highest BCUT2D eigenvalue weighted by molar-refractivity contribution is 6.00. The van der Waals surface area contributed by atoms with E-state index in [0.29, 0.717) is 29.3 Å². The van der Waals surface area contributed by atoms with E-state index in [4.69, 9.17) is 15.2 Å². The Morgan fingerprint density at radius 3 is 2.17 bits per heavy atom. The van der Waals surface area contributed by atoms with Crippen molar-refractivity contribution >= 4 is 29.5 Å². The normalized spacial score (nSPS) is 13.4. The first-order valence-corrected chi connectivity index (χ1v) is 13.9. The maximum atomic E-state index is 14.3. The number of anilines is 1. The number of primary amides is 1. The molecule has 5 N–H and O–H groups in total. The van der Waals surface area contributed by atoms with Gasteiger partial charge < -0.3 is 35.8 Å². The molecule has 11 heteroatoms. The number of carbonyl (C=O) groups is 4. The van der Waals surface area contributed by atoms with E-state index in [1.165, 1.54) is 24.1 Å². The number of nitrogens with zero attached hydrogens (tertiary/aromatic N) is 1. The van der Waals surface area contributed by atoms with Gasteiger partial charge in [-0.05, 0) is 88.4 Å². The molecule has 0 aliphatic carbocycles. The predicted molar refractivity (Wildman–Crippen MR) is 160 cm³/mol. The van der Waals surface area contributed by atoms with Crippen LogP contribution in [0, 0.1) is 5.92 Å². The fourth-order valence-electron chi connectivity index (χ4n) is 4.36. The van der Waals surface area contributed by atoms with Gasteiger partial charge in [-0.3, -0.25) is 14.4 Å². The molecule has 0 aromatic heterocycles. The number of hydrogen-bond donors (Lipinski definition) is 4. The largest absolute Gasteiger partial charge is 0.508 e. The van der Waals surface area contributed by atoms with Crippen LogP contribution in [0.4, 0.5) is 10.5 Å². The summed E-state index contributed by atoms with van der Waals surface area (Å²) in [5.74, 6) is -1.29. The van der Waals surface area contributed by atoms with Crippen LogP contribution < -0.4 is 21.1 Å².